The van der Waals surface area contributed by atoms with Gasteiger partial charge in [0, 0.05) is 78.7 Å². The van der Waals surface area contributed by atoms with E-state index in [-0.39, 0.29) is 135 Å². The fraction of sp³-hybridized carbons (Fsp3) is 0.167. The maximum absolute atomic E-state index is 16.3. The molecule has 0 saturated carbocycles. The van der Waals surface area contributed by atoms with Gasteiger partial charge >= 0.3 is 0 Å². The molecule has 0 aliphatic rings. The highest BCUT2D eigenvalue weighted by Gasteiger charge is 2.35. The highest BCUT2D eigenvalue weighted by Crippen LogP contribution is 2.57. The smallest absolute Gasteiger partial charge is 0.256 e. The quantitative estimate of drug-likeness (QED) is 0.0372. The number of hydrogen-bond donors (Lipinski definition) is 4. The van der Waals surface area contributed by atoms with Gasteiger partial charge in [-0.25, -0.2) is 17.6 Å². The van der Waals surface area contributed by atoms with Crippen LogP contribution in [0.2, 0.25) is 0 Å². The van der Waals surface area contributed by atoms with Crippen LogP contribution in [-0.2, 0) is 0 Å². The average molecular weight is 1190 g/mol. The van der Waals surface area contributed by atoms with E-state index < -0.39 is 46.9 Å². The largest absolute Gasteiger partial charge is 0.457 e. The number of amides is 4. The van der Waals surface area contributed by atoms with Crippen LogP contribution in [0.4, 0.5) is 28.9 Å². The summed E-state index contributed by atoms with van der Waals surface area (Å²) in [6, 6.07) is 37.3. The molecule has 0 aliphatic carbocycles. The van der Waals surface area contributed by atoms with Gasteiger partial charge < -0.3 is 41.0 Å². The third-order valence-corrected chi connectivity index (χ3v) is 15.5. The molecular weight excluding hydrogens is 1120 g/mol. The lowest BCUT2D eigenvalue weighted by atomic mass is 9.82. The number of primary amides is 2. The molecule has 11 aromatic carbocycles. The number of fused-ring (bicyclic) bond motifs is 2. The number of nitrogens with two attached hydrogens (primary N) is 2. The second-order valence-electron chi connectivity index (χ2n) is 22.8. The van der Waals surface area contributed by atoms with E-state index in [1.807, 2.05) is 91.8 Å². The summed E-state index contributed by atoms with van der Waals surface area (Å²) in [5.74, 6) is -8.19. The van der Waals surface area contributed by atoms with E-state index in [9.17, 15) is 9.59 Å². The standard InChI is InChI=1S/C72H60F4N4O8/c1-35(2)47-23-13-24-48(36(3)4)67(47)79-71(83)53-33-57(87-45-21-11-17-41(75)29-45)63-61-55(85-43-19-9-15-39(73)27-43)31-51(69(77)81)59-52(70(78)82)32-56(86-44-20-10-16-40(74)28-44)62(65(59)61)64-58(88-46-22-12-18-42(76)30-46)34-54(60(53)66(63)64)72(84)80-68-49(37(5)6)25-14-26-50(68)38(7)8/h9-38H,1-8H3,(H2,77,81)(H2,78,82)(H,79,83)(H,80,84). The highest BCUT2D eigenvalue weighted by molar-refractivity contribution is 6.43. The molecule has 0 unspecified atom stereocenters. The lowest BCUT2D eigenvalue weighted by Gasteiger charge is -2.27. The van der Waals surface area contributed by atoms with Crippen LogP contribution in [0.3, 0.4) is 0 Å². The molecular formula is C72H60F4N4O8. The third-order valence-electron chi connectivity index (χ3n) is 15.5. The van der Waals surface area contributed by atoms with E-state index in [1.54, 1.807) is 0 Å². The van der Waals surface area contributed by atoms with Crippen LogP contribution >= 0.6 is 0 Å². The zero-order chi connectivity index (χ0) is 62.6. The van der Waals surface area contributed by atoms with Gasteiger partial charge in [0.1, 0.15) is 69.3 Å². The molecule has 444 valence electrons. The minimum Gasteiger partial charge on any atom is -0.457 e. The van der Waals surface area contributed by atoms with Crippen LogP contribution in [0.15, 0.2) is 158 Å². The fourth-order valence-electron chi connectivity index (χ4n) is 11.6. The summed E-state index contributed by atoms with van der Waals surface area (Å²) in [6.07, 6.45) is 0. The van der Waals surface area contributed by atoms with Crippen LogP contribution < -0.4 is 41.0 Å². The van der Waals surface area contributed by atoms with Crippen molar-refractivity contribution in [3.8, 4) is 46.0 Å². The van der Waals surface area contributed by atoms with Gasteiger partial charge in [-0.2, -0.15) is 0 Å². The van der Waals surface area contributed by atoms with E-state index in [1.165, 1.54) is 97.1 Å². The van der Waals surface area contributed by atoms with Gasteiger partial charge in [-0.1, -0.05) is 116 Å². The molecule has 88 heavy (non-hydrogen) atoms. The third kappa shape index (κ3) is 11.2. The number of hydrogen-bond acceptors (Lipinski definition) is 8. The molecule has 4 amide bonds. The van der Waals surface area contributed by atoms with Gasteiger partial charge in [-0.3, -0.25) is 19.2 Å². The number of halogens is 4. The Morgan fingerprint density at radius 1 is 0.330 bits per heavy atom. The lowest BCUT2D eigenvalue weighted by Crippen LogP contribution is -2.20. The molecule has 0 atom stereocenters. The zero-order valence-electron chi connectivity index (χ0n) is 49.3. The first-order chi connectivity index (χ1) is 42.1. The second-order valence-corrected chi connectivity index (χ2v) is 22.8. The van der Waals surface area contributed by atoms with E-state index in [2.05, 4.69) is 10.6 Å². The first kappa shape index (κ1) is 59.3. The Kier molecular flexibility index (Phi) is 16.0. The van der Waals surface area contributed by atoms with E-state index >= 15 is 27.2 Å². The second kappa shape index (κ2) is 23.8. The average Bonchev–Trinajstić information content (AvgIpc) is 0.683. The fourth-order valence-corrected chi connectivity index (χ4v) is 11.6. The Morgan fingerprint density at radius 2 is 0.568 bits per heavy atom. The highest BCUT2D eigenvalue weighted by atomic mass is 19.1. The maximum atomic E-state index is 16.3. The maximum Gasteiger partial charge on any atom is 0.256 e. The number of para-hydroxylation sites is 2. The topological polar surface area (TPSA) is 181 Å². The lowest BCUT2D eigenvalue weighted by molar-refractivity contribution is 0.0996. The summed E-state index contributed by atoms with van der Waals surface area (Å²) < 4.78 is 89.2. The van der Waals surface area contributed by atoms with Crippen molar-refractivity contribution in [1.82, 2.24) is 0 Å². The van der Waals surface area contributed by atoms with Crippen molar-refractivity contribution in [3.05, 3.63) is 226 Å². The van der Waals surface area contributed by atoms with E-state index in [4.69, 9.17) is 30.4 Å². The molecule has 0 saturated heterocycles. The summed E-state index contributed by atoms with van der Waals surface area (Å²) in [7, 11) is 0. The molecule has 12 nitrogen and oxygen atoms in total. The summed E-state index contributed by atoms with van der Waals surface area (Å²) >= 11 is 0. The molecule has 0 fully saturated rings. The van der Waals surface area contributed by atoms with Gasteiger partial charge in [-0.05, 0) is 119 Å². The molecule has 0 spiro atoms. The van der Waals surface area contributed by atoms with Gasteiger partial charge in [0.2, 0.25) is 11.8 Å². The van der Waals surface area contributed by atoms with Crippen molar-refractivity contribution >= 4 is 78.1 Å². The summed E-state index contributed by atoms with van der Waals surface area (Å²) in [5.41, 5.74) is 15.8. The molecule has 0 aromatic heterocycles. The number of rotatable bonds is 18. The van der Waals surface area contributed by atoms with Crippen LogP contribution in [-0.4, -0.2) is 23.6 Å². The molecule has 11 rings (SSSR count). The molecule has 11 aromatic rings. The molecule has 6 N–H and O–H groups in total. The van der Waals surface area contributed by atoms with Gasteiger partial charge in [0.05, 0.1) is 22.3 Å². The normalized spacial score (nSPS) is 11.6. The number of carbonyl (C=O) groups is 4. The van der Waals surface area contributed by atoms with Crippen molar-refractivity contribution in [1.29, 1.82) is 0 Å². The number of benzene rings is 11. The minimum atomic E-state index is -1.09. The van der Waals surface area contributed by atoms with Gasteiger partial charge in [0.25, 0.3) is 11.8 Å². The van der Waals surface area contributed by atoms with Crippen molar-refractivity contribution in [3.63, 3.8) is 0 Å². The van der Waals surface area contributed by atoms with E-state index in [0.717, 1.165) is 46.5 Å². The zero-order valence-corrected chi connectivity index (χ0v) is 49.3. The van der Waals surface area contributed by atoms with Crippen LogP contribution in [0.1, 0.15) is 143 Å². The monoisotopic (exact) mass is 1180 g/mol. The Hall–Kier alpha value is -10.5. The molecule has 0 bridgehead atoms. The van der Waals surface area contributed by atoms with Crippen molar-refractivity contribution in [2.24, 2.45) is 11.5 Å². The Bertz CT molecular complexity index is 4320. The van der Waals surface area contributed by atoms with Crippen molar-refractivity contribution in [2.45, 2.75) is 79.1 Å². The van der Waals surface area contributed by atoms with Crippen molar-refractivity contribution < 1.29 is 55.7 Å². The Balaban J connectivity index is 1.44. The van der Waals surface area contributed by atoms with Gasteiger partial charge in [-0.15, -0.1) is 0 Å². The summed E-state index contributed by atoms with van der Waals surface area (Å²) in [6.45, 7) is 15.9. The number of ether oxygens (including phenoxy) is 4. The predicted octanol–water partition coefficient (Wildman–Crippen LogP) is 18.7. The SMILES string of the molecule is CC(C)c1cccc(C(C)C)c1NC(=O)c1cc(Oc2cccc(F)c2)c2c3c(Oc4cccc(F)c4)cc(C(N)=O)c4c(C(N)=O)cc(Oc5cccc(F)c5)c(c5c(Oc6cccc(F)c6)cc(C(=O)Nc6c(C(C)C)cccc6C(C)C)c1c25)c43. The number of anilines is 2. The molecule has 0 radical (unpaired) electrons. The van der Waals surface area contributed by atoms with Crippen LogP contribution in [0, 0.1) is 23.3 Å². The first-order valence-electron chi connectivity index (χ1n) is 28.6. The Labute approximate surface area is 504 Å². The summed E-state index contributed by atoms with van der Waals surface area (Å²) in [5, 5.41) is 6.04. The summed E-state index contributed by atoms with van der Waals surface area (Å²) in [4.78, 5) is 61.0. The molecule has 0 heterocycles. The first-order valence-corrected chi connectivity index (χ1v) is 28.6. The predicted molar refractivity (Wildman–Crippen MR) is 336 cm³/mol. The van der Waals surface area contributed by atoms with Crippen LogP contribution in [0.25, 0.3) is 43.1 Å². The number of nitrogens with one attached hydrogen (secondary N) is 2. The number of carbonyl (C=O) groups excluding carboxylic acids is 4. The van der Waals surface area contributed by atoms with Crippen LogP contribution in [0.5, 0.6) is 46.0 Å². The van der Waals surface area contributed by atoms with Gasteiger partial charge in [0.15, 0.2) is 0 Å². The Morgan fingerprint density at radius 3 is 0.807 bits per heavy atom. The molecule has 0 aliphatic heterocycles. The minimum absolute atomic E-state index is 0.0128. The van der Waals surface area contributed by atoms with E-state index in [0.29, 0.717) is 11.4 Å². The molecule has 16 heteroatoms. The van der Waals surface area contributed by atoms with Crippen molar-refractivity contribution in [2.75, 3.05) is 10.6 Å².